The van der Waals surface area contributed by atoms with Crippen molar-refractivity contribution in [1.29, 1.82) is 0 Å². The molecular formula is C16H20FN3O. The molecule has 1 fully saturated rings. The van der Waals surface area contributed by atoms with Gasteiger partial charge in [-0.2, -0.15) is 0 Å². The summed E-state index contributed by atoms with van der Waals surface area (Å²) < 4.78 is 13.5. The summed E-state index contributed by atoms with van der Waals surface area (Å²) in [7, 11) is 0. The molecule has 4 nitrogen and oxygen atoms in total. The average Bonchev–Trinajstić information content (AvgIpc) is 2.48. The lowest BCUT2D eigenvalue weighted by Gasteiger charge is -2.39. The first-order valence-corrected chi connectivity index (χ1v) is 7.49. The van der Waals surface area contributed by atoms with Crippen molar-refractivity contribution in [3.63, 3.8) is 0 Å². The molecule has 0 atom stereocenters. The van der Waals surface area contributed by atoms with Crippen LogP contribution in [0.3, 0.4) is 0 Å². The van der Waals surface area contributed by atoms with Gasteiger partial charge in [0.1, 0.15) is 18.0 Å². The van der Waals surface area contributed by atoms with Crippen LogP contribution in [0.15, 0.2) is 24.5 Å². The van der Waals surface area contributed by atoms with Gasteiger partial charge >= 0.3 is 0 Å². The molecule has 0 spiro atoms. The fourth-order valence-corrected chi connectivity index (χ4v) is 3.12. The predicted molar refractivity (Wildman–Crippen MR) is 80.8 cm³/mol. The van der Waals surface area contributed by atoms with Gasteiger partial charge in [0, 0.05) is 18.5 Å². The molecule has 2 aromatic rings. The van der Waals surface area contributed by atoms with Crippen LogP contribution >= 0.6 is 0 Å². The molecule has 0 bridgehead atoms. The van der Waals surface area contributed by atoms with E-state index in [1.807, 2.05) is 0 Å². The third kappa shape index (κ3) is 2.83. The summed E-state index contributed by atoms with van der Waals surface area (Å²) in [4.78, 5) is 10.6. The monoisotopic (exact) mass is 289 g/mol. The Hall–Kier alpha value is -1.75. The van der Waals surface area contributed by atoms with E-state index in [0.717, 1.165) is 55.5 Å². The summed E-state index contributed by atoms with van der Waals surface area (Å²) in [5.41, 5.74) is 0.190. The van der Waals surface area contributed by atoms with Crippen molar-refractivity contribution in [1.82, 2.24) is 9.97 Å². The maximum absolute atomic E-state index is 13.5. The van der Waals surface area contributed by atoms with Gasteiger partial charge in [-0.25, -0.2) is 14.4 Å². The topological polar surface area (TPSA) is 49.2 Å². The molecule has 3 rings (SSSR count). The molecular weight excluding hydrogens is 269 g/mol. The summed E-state index contributed by atoms with van der Waals surface area (Å²) in [5.74, 6) is 0.482. The fourth-order valence-electron chi connectivity index (χ4n) is 3.12. The van der Waals surface area contributed by atoms with Gasteiger partial charge in [-0.1, -0.05) is 13.3 Å². The first-order valence-electron chi connectivity index (χ1n) is 7.49. The van der Waals surface area contributed by atoms with E-state index in [4.69, 9.17) is 0 Å². The minimum Gasteiger partial charge on any atom is -0.390 e. The van der Waals surface area contributed by atoms with Crippen LogP contribution in [0.2, 0.25) is 0 Å². The van der Waals surface area contributed by atoms with Crippen LogP contribution in [0.25, 0.3) is 10.9 Å². The molecule has 1 aliphatic rings. The zero-order valence-corrected chi connectivity index (χ0v) is 12.2. The fraction of sp³-hybridized carbons (Fsp3) is 0.500. The molecule has 1 N–H and O–H groups in total. The van der Waals surface area contributed by atoms with E-state index >= 15 is 0 Å². The van der Waals surface area contributed by atoms with Crippen molar-refractivity contribution in [2.75, 3.05) is 18.0 Å². The number of aliphatic hydroxyl groups is 1. The van der Waals surface area contributed by atoms with Gasteiger partial charge in [0.15, 0.2) is 0 Å². The molecule has 0 amide bonds. The Morgan fingerprint density at radius 2 is 2.05 bits per heavy atom. The summed E-state index contributed by atoms with van der Waals surface area (Å²) in [6, 6.07) is 4.57. The molecule has 2 heterocycles. The number of halogens is 1. The summed E-state index contributed by atoms with van der Waals surface area (Å²) in [5, 5.41) is 11.2. The van der Waals surface area contributed by atoms with E-state index in [9.17, 15) is 9.50 Å². The molecule has 1 aromatic carbocycles. The molecule has 0 unspecified atom stereocenters. The van der Waals surface area contributed by atoms with Crippen molar-refractivity contribution >= 4 is 16.7 Å². The molecule has 0 saturated carbocycles. The quantitative estimate of drug-likeness (QED) is 0.944. The van der Waals surface area contributed by atoms with Crippen molar-refractivity contribution in [3.05, 3.63) is 30.3 Å². The summed E-state index contributed by atoms with van der Waals surface area (Å²) in [6.07, 6.45) is 4.78. The van der Waals surface area contributed by atoms with Crippen LogP contribution in [0, 0.1) is 5.82 Å². The van der Waals surface area contributed by atoms with Crippen molar-refractivity contribution in [2.24, 2.45) is 0 Å². The molecule has 5 heteroatoms. The number of benzene rings is 1. The number of nitrogens with zero attached hydrogens (tertiary/aromatic N) is 3. The van der Waals surface area contributed by atoms with E-state index in [2.05, 4.69) is 21.8 Å². The van der Waals surface area contributed by atoms with Gasteiger partial charge in [-0.15, -0.1) is 0 Å². The van der Waals surface area contributed by atoms with Crippen LogP contribution in [0.1, 0.15) is 32.6 Å². The van der Waals surface area contributed by atoms with E-state index in [1.54, 1.807) is 6.07 Å². The summed E-state index contributed by atoms with van der Waals surface area (Å²) in [6.45, 7) is 3.56. The number of fused-ring (bicyclic) bond motifs is 1. The smallest absolute Gasteiger partial charge is 0.139 e. The molecule has 1 aliphatic heterocycles. The maximum atomic E-state index is 13.5. The molecule has 1 aromatic heterocycles. The lowest BCUT2D eigenvalue weighted by molar-refractivity contribution is 0.00733. The number of rotatable bonds is 3. The molecule has 112 valence electrons. The Bertz CT molecular complexity index is 638. The van der Waals surface area contributed by atoms with Crippen LogP contribution in [-0.2, 0) is 0 Å². The van der Waals surface area contributed by atoms with Crippen molar-refractivity contribution < 1.29 is 9.50 Å². The second kappa shape index (κ2) is 5.56. The van der Waals surface area contributed by atoms with E-state index in [0.29, 0.717) is 0 Å². The van der Waals surface area contributed by atoms with Gasteiger partial charge < -0.3 is 10.0 Å². The number of hydrogen-bond donors (Lipinski definition) is 1. The minimum absolute atomic E-state index is 0.280. The summed E-state index contributed by atoms with van der Waals surface area (Å²) >= 11 is 0. The maximum Gasteiger partial charge on any atom is 0.139 e. The molecule has 21 heavy (non-hydrogen) atoms. The minimum atomic E-state index is -0.556. The highest BCUT2D eigenvalue weighted by molar-refractivity contribution is 5.89. The highest BCUT2D eigenvalue weighted by Crippen LogP contribution is 2.31. The van der Waals surface area contributed by atoms with E-state index in [1.165, 1.54) is 18.5 Å². The Kier molecular flexibility index (Phi) is 3.76. The number of aromatic nitrogens is 2. The number of anilines is 1. The molecule has 0 radical (unpaired) electrons. The van der Waals surface area contributed by atoms with Gasteiger partial charge in [-0.05, 0) is 37.5 Å². The van der Waals surface area contributed by atoms with Gasteiger partial charge in [0.05, 0.1) is 11.1 Å². The lowest BCUT2D eigenvalue weighted by atomic mass is 9.87. The number of piperidine rings is 1. The molecule has 0 aliphatic carbocycles. The first-order chi connectivity index (χ1) is 10.1. The first kappa shape index (κ1) is 14.2. The second-order valence-electron chi connectivity index (χ2n) is 5.82. The number of hydrogen-bond acceptors (Lipinski definition) is 4. The normalized spacial score (nSPS) is 18.1. The Morgan fingerprint density at radius 1 is 1.29 bits per heavy atom. The van der Waals surface area contributed by atoms with Crippen molar-refractivity contribution in [3.8, 4) is 0 Å². The highest BCUT2D eigenvalue weighted by atomic mass is 19.1. The van der Waals surface area contributed by atoms with Gasteiger partial charge in [-0.3, -0.25) is 0 Å². The lowest BCUT2D eigenvalue weighted by Crippen LogP contribution is -2.44. The van der Waals surface area contributed by atoms with Crippen LogP contribution in [0.4, 0.5) is 10.2 Å². The largest absolute Gasteiger partial charge is 0.390 e. The molecule has 1 saturated heterocycles. The standard InChI is InChI=1S/C16H20FN3O/c1-2-5-16(21)6-8-20(9-7-16)15-13-10-12(17)3-4-14(13)18-11-19-15/h3-4,10-11,21H,2,5-9H2,1H3. The van der Waals surface area contributed by atoms with Crippen LogP contribution in [-0.4, -0.2) is 33.8 Å². The SMILES string of the molecule is CCCC1(O)CCN(c2ncnc3ccc(F)cc23)CC1. The van der Waals surface area contributed by atoms with E-state index in [-0.39, 0.29) is 5.82 Å². The van der Waals surface area contributed by atoms with Gasteiger partial charge in [0.25, 0.3) is 0 Å². The van der Waals surface area contributed by atoms with Gasteiger partial charge in [0.2, 0.25) is 0 Å². The zero-order valence-electron chi connectivity index (χ0n) is 12.2. The van der Waals surface area contributed by atoms with Crippen LogP contribution in [0.5, 0.6) is 0 Å². The van der Waals surface area contributed by atoms with E-state index < -0.39 is 5.60 Å². The Morgan fingerprint density at radius 3 is 2.76 bits per heavy atom. The third-order valence-corrected chi connectivity index (χ3v) is 4.29. The zero-order chi connectivity index (χ0) is 14.9. The predicted octanol–water partition coefficient (Wildman–Crippen LogP) is 2.90. The second-order valence-corrected chi connectivity index (χ2v) is 5.82. The van der Waals surface area contributed by atoms with Crippen LogP contribution < -0.4 is 4.90 Å². The third-order valence-electron chi connectivity index (χ3n) is 4.29. The highest BCUT2D eigenvalue weighted by Gasteiger charge is 2.32. The Balaban J connectivity index is 1.87. The Labute approximate surface area is 123 Å². The average molecular weight is 289 g/mol. The van der Waals surface area contributed by atoms with Crippen molar-refractivity contribution in [2.45, 2.75) is 38.2 Å².